The minimum absolute atomic E-state index is 1.05. The van der Waals surface area contributed by atoms with E-state index in [4.69, 9.17) is 0 Å². The Hall–Kier alpha value is -0.780. The predicted octanol–water partition coefficient (Wildman–Crippen LogP) is 3.48. The van der Waals surface area contributed by atoms with Gasteiger partial charge >= 0.3 is 0 Å². The summed E-state index contributed by atoms with van der Waals surface area (Å²) in [6.07, 6.45) is 7.18. The topological polar surface area (TPSA) is 0 Å². The van der Waals surface area contributed by atoms with Crippen LogP contribution in [0.25, 0.3) is 0 Å². The minimum Gasteiger partial charge on any atom is -0.0988 e. The maximum absolute atomic E-state index is 3.71. The molecule has 0 nitrogen and oxygen atoms in total. The molecule has 0 aromatic carbocycles. The van der Waals surface area contributed by atoms with Crippen LogP contribution in [0.4, 0.5) is 0 Å². The molecule has 0 radical (unpaired) electrons. The Balaban J connectivity index is 4.04. The van der Waals surface area contributed by atoms with Gasteiger partial charge in [0.1, 0.15) is 0 Å². The van der Waals surface area contributed by atoms with Gasteiger partial charge in [-0.25, -0.2) is 0 Å². The Kier molecular flexibility index (Phi) is 4.65. The number of rotatable bonds is 3. The van der Waals surface area contributed by atoms with Gasteiger partial charge in [-0.2, -0.15) is 0 Å². The van der Waals surface area contributed by atoms with Crippen molar-refractivity contribution in [1.29, 1.82) is 0 Å². The predicted molar refractivity (Wildman–Crippen MR) is 48.0 cm³/mol. The lowest BCUT2D eigenvalue weighted by atomic mass is 10.1. The van der Waals surface area contributed by atoms with Gasteiger partial charge in [0, 0.05) is 0 Å². The second-order valence-electron chi connectivity index (χ2n) is 2.44. The van der Waals surface area contributed by atoms with Gasteiger partial charge in [0.2, 0.25) is 0 Å². The number of hydrogen-bond donors (Lipinski definition) is 0. The third-order valence-corrected chi connectivity index (χ3v) is 1.64. The molecule has 0 aromatic rings. The molecule has 0 aliphatic heterocycles. The molecule has 0 heteroatoms. The molecule has 0 rings (SSSR count). The maximum Gasteiger partial charge on any atom is -0.0136 e. The normalized spacial score (nSPS) is 13.5. The molecule has 0 spiro atoms. The second-order valence-corrected chi connectivity index (χ2v) is 2.44. The highest BCUT2D eigenvalue weighted by molar-refractivity contribution is 5.21. The van der Waals surface area contributed by atoms with Crippen molar-refractivity contribution in [3.8, 4) is 0 Å². The zero-order valence-corrected chi connectivity index (χ0v) is 7.15. The lowest BCUT2D eigenvalue weighted by Crippen LogP contribution is -1.77. The fourth-order valence-corrected chi connectivity index (χ4v) is 0.630. The first-order chi connectivity index (χ1) is 4.72. The first-order valence-corrected chi connectivity index (χ1v) is 3.62. The monoisotopic (exact) mass is 136 g/mol. The fourth-order valence-electron chi connectivity index (χ4n) is 0.630. The molecule has 0 bridgehead atoms. The van der Waals surface area contributed by atoms with Crippen LogP contribution in [0, 0.1) is 0 Å². The Labute approximate surface area is 64.0 Å². The molecule has 0 unspecified atom stereocenters. The Morgan fingerprint density at radius 1 is 1.40 bits per heavy atom. The van der Waals surface area contributed by atoms with Gasteiger partial charge in [0.05, 0.1) is 0 Å². The summed E-state index contributed by atoms with van der Waals surface area (Å²) in [4.78, 5) is 0. The summed E-state index contributed by atoms with van der Waals surface area (Å²) in [6, 6.07) is 0. The van der Waals surface area contributed by atoms with Crippen molar-refractivity contribution >= 4 is 0 Å². The SMILES string of the molecule is C=CC(C)=C(C)CC=CC. The van der Waals surface area contributed by atoms with Crippen LogP contribution in [-0.4, -0.2) is 0 Å². The molecule has 0 fully saturated rings. The van der Waals surface area contributed by atoms with E-state index in [2.05, 4.69) is 32.6 Å². The third kappa shape index (κ3) is 3.29. The van der Waals surface area contributed by atoms with Crippen LogP contribution in [-0.2, 0) is 0 Å². The van der Waals surface area contributed by atoms with Gasteiger partial charge in [-0.1, -0.05) is 36.0 Å². The molecule has 0 saturated carbocycles. The Morgan fingerprint density at radius 2 is 2.00 bits per heavy atom. The number of allylic oxidation sites excluding steroid dienone is 5. The van der Waals surface area contributed by atoms with Gasteiger partial charge in [-0.3, -0.25) is 0 Å². The summed E-state index contributed by atoms with van der Waals surface area (Å²) in [5.41, 5.74) is 2.69. The van der Waals surface area contributed by atoms with Crippen LogP contribution < -0.4 is 0 Å². The van der Waals surface area contributed by atoms with E-state index in [1.807, 2.05) is 13.0 Å². The average Bonchev–Trinajstić information content (AvgIpc) is 1.98. The number of hydrogen-bond acceptors (Lipinski definition) is 0. The fraction of sp³-hybridized carbons (Fsp3) is 0.400. The standard InChI is InChI=1S/C10H16/c1-5-7-8-10(4)9(3)6-2/h5-7H,2,8H2,1,3-4H3. The van der Waals surface area contributed by atoms with E-state index in [0.717, 1.165) is 6.42 Å². The molecule has 0 aliphatic carbocycles. The van der Waals surface area contributed by atoms with E-state index in [9.17, 15) is 0 Å². The van der Waals surface area contributed by atoms with Gasteiger partial charge in [-0.15, -0.1) is 0 Å². The summed E-state index contributed by atoms with van der Waals surface area (Å²) in [5, 5.41) is 0. The average molecular weight is 136 g/mol. The lowest BCUT2D eigenvalue weighted by Gasteiger charge is -1.97. The summed E-state index contributed by atoms with van der Waals surface area (Å²) in [5.74, 6) is 0. The molecule has 0 aliphatic rings. The molecular weight excluding hydrogens is 120 g/mol. The molecule has 10 heavy (non-hydrogen) atoms. The van der Waals surface area contributed by atoms with Crippen molar-refractivity contribution in [2.45, 2.75) is 27.2 Å². The molecule has 0 heterocycles. The Morgan fingerprint density at radius 3 is 2.40 bits per heavy atom. The van der Waals surface area contributed by atoms with Crippen molar-refractivity contribution in [3.63, 3.8) is 0 Å². The first-order valence-electron chi connectivity index (χ1n) is 3.62. The van der Waals surface area contributed by atoms with Crippen LogP contribution >= 0.6 is 0 Å². The molecule has 0 aromatic heterocycles. The first kappa shape index (κ1) is 9.22. The summed E-state index contributed by atoms with van der Waals surface area (Å²) < 4.78 is 0. The highest BCUT2D eigenvalue weighted by Crippen LogP contribution is 2.08. The van der Waals surface area contributed by atoms with Crippen LogP contribution in [0.3, 0.4) is 0 Å². The molecule has 0 atom stereocenters. The van der Waals surface area contributed by atoms with Gasteiger partial charge < -0.3 is 0 Å². The van der Waals surface area contributed by atoms with E-state index < -0.39 is 0 Å². The van der Waals surface area contributed by atoms with Gasteiger partial charge in [-0.05, 0) is 27.2 Å². The van der Waals surface area contributed by atoms with E-state index in [-0.39, 0.29) is 0 Å². The Bertz CT molecular complexity index is 159. The smallest absolute Gasteiger partial charge is 0.0136 e. The van der Waals surface area contributed by atoms with E-state index in [0.29, 0.717) is 0 Å². The van der Waals surface area contributed by atoms with Crippen LogP contribution in [0.1, 0.15) is 27.2 Å². The van der Waals surface area contributed by atoms with E-state index in [1.54, 1.807) is 0 Å². The lowest BCUT2D eigenvalue weighted by molar-refractivity contribution is 1.16. The maximum atomic E-state index is 3.71. The minimum atomic E-state index is 1.05. The summed E-state index contributed by atoms with van der Waals surface area (Å²) in [7, 11) is 0. The summed E-state index contributed by atoms with van der Waals surface area (Å²) in [6.45, 7) is 9.97. The van der Waals surface area contributed by atoms with Crippen molar-refractivity contribution in [2.24, 2.45) is 0 Å². The van der Waals surface area contributed by atoms with Gasteiger partial charge in [0.25, 0.3) is 0 Å². The summed E-state index contributed by atoms with van der Waals surface area (Å²) >= 11 is 0. The molecule has 0 saturated heterocycles. The van der Waals surface area contributed by atoms with Crippen LogP contribution in [0.15, 0.2) is 36.0 Å². The van der Waals surface area contributed by atoms with E-state index >= 15 is 0 Å². The largest absolute Gasteiger partial charge is 0.0988 e. The van der Waals surface area contributed by atoms with Crippen LogP contribution in [0.2, 0.25) is 0 Å². The van der Waals surface area contributed by atoms with Crippen molar-refractivity contribution < 1.29 is 0 Å². The quantitative estimate of drug-likeness (QED) is 0.411. The van der Waals surface area contributed by atoms with Crippen molar-refractivity contribution in [2.75, 3.05) is 0 Å². The van der Waals surface area contributed by atoms with E-state index in [1.165, 1.54) is 11.1 Å². The third-order valence-electron chi connectivity index (χ3n) is 1.64. The molecule has 56 valence electrons. The highest BCUT2D eigenvalue weighted by Gasteiger charge is 1.87. The highest BCUT2D eigenvalue weighted by atomic mass is 13.9. The zero-order chi connectivity index (χ0) is 7.98. The second kappa shape index (κ2) is 5.04. The van der Waals surface area contributed by atoms with Crippen LogP contribution in [0.5, 0.6) is 0 Å². The molecule has 0 amide bonds. The van der Waals surface area contributed by atoms with Crippen molar-refractivity contribution in [1.82, 2.24) is 0 Å². The molecule has 0 N–H and O–H groups in total. The van der Waals surface area contributed by atoms with Crippen molar-refractivity contribution in [3.05, 3.63) is 36.0 Å². The zero-order valence-electron chi connectivity index (χ0n) is 7.15. The van der Waals surface area contributed by atoms with Gasteiger partial charge in [0.15, 0.2) is 0 Å². The molecular formula is C10H16.